The molecule has 0 unspecified atom stereocenters. The first-order chi connectivity index (χ1) is 10.2. The molecule has 0 amide bonds. The highest BCUT2D eigenvalue weighted by molar-refractivity contribution is 6.35. The minimum Gasteiger partial charge on any atom is -0.237 e. The minimum atomic E-state index is 0.605. The lowest BCUT2D eigenvalue weighted by Gasteiger charge is -2.00. The summed E-state index contributed by atoms with van der Waals surface area (Å²) < 4.78 is 1.71. The molecule has 2 heterocycles. The van der Waals surface area contributed by atoms with Crippen LogP contribution in [0.25, 0.3) is 16.9 Å². The van der Waals surface area contributed by atoms with Gasteiger partial charge in [-0.3, -0.25) is 0 Å². The van der Waals surface area contributed by atoms with Crippen molar-refractivity contribution in [2.45, 2.75) is 13.8 Å². The SMILES string of the molecule is CC.Clc1cc(Cl)cc(-c2cnn(-c3ccccn3)c2)c1. The summed E-state index contributed by atoms with van der Waals surface area (Å²) in [5.74, 6) is 0.766. The molecule has 0 saturated carbocycles. The van der Waals surface area contributed by atoms with Gasteiger partial charge in [-0.1, -0.05) is 43.1 Å². The molecule has 1 aromatic carbocycles. The van der Waals surface area contributed by atoms with E-state index in [1.165, 1.54) is 0 Å². The van der Waals surface area contributed by atoms with Crippen molar-refractivity contribution in [3.05, 3.63) is 65.0 Å². The molecule has 5 heteroatoms. The van der Waals surface area contributed by atoms with Crippen LogP contribution in [-0.2, 0) is 0 Å². The van der Waals surface area contributed by atoms with Gasteiger partial charge >= 0.3 is 0 Å². The zero-order chi connectivity index (χ0) is 15.2. The zero-order valence-electron chi connectivity index (χ0n) is 11.8. The van der Waals surface area contributed by atoms with Crippen LogP contribution in [0.1, 0.15) is 13.8 Å². The second kappa shape index (κ2) is 7.25. The standard InChI is InChI=1S/C14H9Cl2N3.C2H6/c15-12-5-10(6-13(16)7-12)11-8-18-19(9-11)14-3-1-2-4-17-14;1-2/h1-9H;1-2H3. The average molecular weight is 320 g/mol. The highest BCUT2D eigenvalue weighted by atomic mass is 35.5. The van der Waals surface area contributed by atoms with Gasteiger partial charge in [0, 0.05) is 28.0 Å². The van der Waals surface area contributed by atoms with Gasteiger partial charge in [-0.25, -0.2) is 9.67 Å². The fraction of sp³-hybridized carbons (Fsp3) is 0.125. The van der Waals surface area contributed by atoms with Crippen molar-refractivity contribution in [3.8, 4) is 16.9 Å². The summed E-state index contributed by atoms with van der Waals surface area (Å²) in [4.78, 5) is 4.24. The van der Waals surface area contributed by atoms with Gasteiger partial charge in [0.15, 0.2) is 5.82 Å². The second-order valence-electron chi connectivity index (χ2n) is 4.02. The van der Waals surface area contributed by atoms with Gasteiger partial charge in [-0.2, -0.15) is 5.10 Å². The molecule has 0 N–H and O–H groups in total. The van der Waals surface area contributed by atoms with E-state index in [4.69, 9.17) is 23.2 Å². The van der Waals surface area contributed by atoms with Crippen molar-refractivity contribution in [3.63, 3.8) is 0 Å². The van der Waals surface area contributed by atoms with E-state index in [2.05, 4.69) is 10.1 Å². The molecule has 0 bridgehead atoms. The molecule has 0 aliphatic rings. The lowest BCUT2D eigenvalue weighted by Crippen LogP contribution is -1.95. The van der Waals surface area contributed by atoms with E-state index in [1.807, 2.05) is 50.4 Å². The van der Waals surface area contributed by atoms with Gasteiger partial charge in [-0.05, 0) is 35.9 Å². The molecule has 3 aromatic rings. The molecule has 21 heavy (non-hydrogen) atoms. The van der Waals surface area contributed by atoms with Crippen LogP contribution in [0, 0.1) is 0 Å². The van der Waals surface area contributed by atoms with E-state index >= 15 is 0 Å². The fourth-order valence-corrected chi connectivity index (χ4v) is 2.33. The van der Waals surface area contributed by atoms with Gasteiger partial charge in [0.2, 0.25) is 0 Å². The van der Waals surface area contributed by atoms with Gasteiger partial charge < -0.3 is 0 Å². The molecule has 108 valence electrons. The zero-order valence-corrected chi connectivity index (χ0v) is 13.3. The van der Waals surface area contributed by atoms with Crippen molar-refractivity contribution in [1.82, 2.24) is 14.8 Å². The highest BCUT2D eigenvalue weighted by Crippen LogP contribution is 2.27. The average Bonchev–Trinajstić information content (AvgIpc) is 2.99. The lowest BCUT2D eigenvalue weighted by molar-refractivity contribution is 0.847. The Hall–Kier alpha value is -1.84. The van der Waals surface area contributed by atoms with Gasteiger partial charge in [0.05, 0.1) is 6.20 Å². The summed E-state index contributed by atoms with van der Waals surface area (Å²) in [5, 5.41) is 5.50. The Morgan fingerprint density at radius 1 is 0.952 bits per heavy atom. The van der Waals surface area contributed by atoms with E-state index in [-0.39, 0.29) is 0 Å². The van der Waals surface area contributed by atoms with Crippen LogP contribution in [0.2, 0.25) is 10.0 Å². The molecule has 3 rings (SSSR count). The molecule has 0 radical (unpaired) electrons. The van der Waals surface area contributed by atoms with E-state index < -0.39 is 0 Å². The Kier molecular flexibility index (Phi) is 5.37. The summed E-state index contributed by atoms with van der Waals surface area (Å²) in [6, 6.07) is 11.1. The third-order valence-electron chi connectivity index (χ3n) is 2.66. The maximum Gasteiger partial charge on any atom is 0.153 e. The molecule has 2 aromatic heterocycles. The molecular weight excluding hydrogens is 305 g/mol. The van der Waals surface area contributed by atoms with Crippen LogP contribution in [0.4, 0.5) is 0 Å². The van der Waals surface area contributed by atoms with Crippen LogP contribution in [0.5, 0.6) is 0 Å². The number of pyridine rings is 1. The predicted molar refractivity (Wildman–Crippen MR) is 88.2 cm³/mol. The largest absolute Gasteiger partial charge is 0.237 e. The predicted octanol–water partition coefficient (Wildman–Crippen LogP) is 5.27. The summed E-state index contributed by atoms with van der Waals surface area (Å²) in [6.45, 7) is 4.00. The van der Waals surface area contributed by atoms with Gasteiger partial charge in [0.25, 0.3) is 0 Å². The Morgan fingerprint density at radius 3 is 2.29 bits per heavy atom. The lowest BCUT2D eigenvalue weighted by atomic mass is 10.1. The van der Waals surface area contributed by atoms with Crippen LogP contribution in [0.15, 0.2) is 55.0 Å². The first-order valence-corrected chi connectivity index (χ1v) is 7.40. The van der Waals surface area contributed by atoms with Crippen molar-refractivity contribution in [2.24, 2.45) is 0 Å². The van der Waals surface area contributed by atoms with E-state index in [1.54, 1.807) is 23.1 Å². The van der Waals surface area contributed by atoms with Crippen molar-refractivity contribution < 1.29 is 0 Å². The first-order valence-electron chi connectivity index (χ1n) is 6.65. The second-order valence-corrected chi connectivity index (χ2v) is 4.89. The molecule has 3 nitrogen and oxygen atoms in total. The van der Waals surface area contributed by atoms with Crippen LogP contribution in [-0.4, -0.2) is 14.8 Å². The number of nitrogens with zero attached hydrogens (tertiary/aromatic N) is 3. The molecule has 0 fully saturated rings. The Morgan fingerprint density at radius 2 is 1.67 bits per heavy atom. The highest BCUT2D eigenvalue weighted by Gasteiger charge is 2.06. The fourth-order valence-electron chi connectivity index (χ4n) is 1.81. The molecule has 0 aliphatic carbocycles. The monoisotopic (exact) mass is 319 g/mol. The smallest absolute Gasteiger partial charge is 0.153 e. The topological polar surface area (TPSA) is 30.7 Å². The van der Waals surface area contributed by atoms with E-state index in [0.29, 0.717) is 10.0 Å². The van der Waals surface area contributed by atoms with Crippen molar-refractivity contribution in [1.29, 1.82) is 0 Å². The molecule has 0 spiro atoms. The quantitative estimate of drug-likeness (QED) is 0.644. The maximum absolute atomic E-state index is 6.00. The Labute approximate surface area is 134 Å². The number of benzene rings is 1. The molecule has 0 saturated heterocycles. The third-order valence-corrected chi connectivity index (χ3v) is 3.10. The number of hydrogen-bond acceptors (Lipinski definition) is 2. The summed E-state index contributed by atoms with van der Waals surface area (Å²) in [6.07, 6.45) is 5.38. The Bertz CT molecular complexity index is 688. The molecular formula is C16H15Cl2N3. The van der Waals surface area contributed by atoms with Crippen LogP contribution < -0.4 is 0 Å². The number of aromatic nitrogens is 3. The summed E-state index contributed by atoms with van der Waals surface area (Å²) in [5.41, 5.74) is 1.87. The van der Waals surface area contributed by atoms with Gasteiger partial charge in [-0.15, -0.1) is 0 Å². The van der Waals surface area contributed by atoms with Crippen LogP contribution >= 0.6 is 23.2 Å². The number of hydrogen-bond donors (Lipinski definition) is 0. The first kappa shape index (κ1) is 15.5. The molecule has 0 aliphatic heterocycles. The van der Waals surface area contributed by atoms with Gasteiger partial charge in [0.1, 0.15) is 0 Å². The maximum atomic E-state index is 6.00. The van der Waals surface area contributed by atoms with Crippen LogP contribution in [0.3, 0.4) is 0 Å². The molecule has 0 atom stereocenters. The number of rotatable bonds is 2. The minimum absolute atomic E-state index is 0.605. The van der Waals surface area contributed by atoms with E-state index in [9.17, 15) is 0 Å². The van der Waals surface area contributed by atoms with Crippen molar-refractivity contribution in [2.75, 3.05) is 0 Å². The normalized spacial score (nSPS) is 9.90. The van der Waals surface area contributed by atoms with Crippen molar-refractivity contribution >= 4 is 23.2 Å². The third kappa shape index (κ3) is 3.84. The summed E-state index contributed by atoms with van der Waals surface area (Å²) in [7, 11) is 0. The summed E-state index contributed by atoms with van der Waals surface area (Å²) >= 11 is 12.0. The van der Waals surface area contributed by atoms with E-state index in [0.717, 1.165) is 16.9 Å². The Balaban J connectivity index is 0.000000774. The number of halogens is 2.